The van der Waals surface area contributed by atoms with E-state index in [9.17, 15) is 4.79 Å². The lowest BCUT2D eigenvalue weighted by Crippen LogP contribution is -2.08. The van der Waals surface area contributed by atoms with Gasteiger partial charge in [-0.05, 0) is 36.0 Å². The van der Waals surface area contributed by atoms with Gasteiger partial charge in [-0.1, -0.05) is 30.3 Å². The van der Waals surface area contributed by atoms with Gasteiger partial charge in [-0.3, -0.25) is 4.79 Å². The summed E-state index contributed by atoms with van der Waals surface area (Å²) in [6.07, 6.45) is 3.28. The molecule has 1 aliphatic carbocycles. The summed E-state index contributed by atoms with van der Waals surface area (Å²) in [5.41, 5.74) is 4.69. The fourth-order valence-electron chi connectivity index (χ4n) is 2.46. The normalized spacial score (nSPS) is 13.8. The van der Waals surface area contributed by atoms with E-state index in [1.165, 1.54) is 11.1 Å². The zero-order chi connectivity index (χ0) is 11.0. The molecular formula is C14H13NO. The van der Waals surface area contributed by atoms with Crippen LogP contribution in [0.15, 0.2) is 41.2 Å². The van der Waals surface area contributed by atoms with Crippen molar-refractivity contribution in [2.24, 2.45) is 0 Å². The van der Waals surface area contributed by atoms with E-state index in [4.69, 9.17) is 0 Å². The molecule has 3 rings (SSSR count). The third-order valence-corrected chi connectivity index (χ3v) is 3.18. The average Bonchev–Trinajstić information content (AvgIpc) is 2.77. The van der Waals surface area contributed by atoms with Gasteiger partial charge in [0.25, 0.3) is 0 Å². The van der Waals surface area contributed by atoms with Gasteiger partial charge >= 0.3 is 0 Å². The minimum atomic E-state index is 0.0134. The Kier molecular flexibility index (Phi) is 2.13. The molecule has 2 aromatic rings. The predicted octanol–water partition coefficient (Wildman–Crippen LogP) is 2.53. The van der Waals surface area contributed by atoms with E-state index in [1.54, 1.807) is 6.07 Å². The van der Waals surface area contributed by atoms with Gasteiger partial charge in [0.15, 0.2) is 0 Å². The van der Waals surface area contributed by atoms with Gasteiger partial charge in [-0.2, -0.15) is 0 Å². The summed E-state index contributed by atoms with van der Waals surface area (Å²) in [7, 11) is 0. The van der Waals surface area contributed by atoms with Crippen LogP contribution in [0.2, 0.25) is 0 Å². The molecule has 80 valence electrons. The third-order valence-electron chi connectivity index (χ3n) is 3.18. The molecule has 0 spiro atoms. The number of benzene rings is 1. The first-order valence-corrected chi connectivity index (χ1v) is 5.65. The fraction of sp³-hybridized carbons (Fsp3) is 0.214. The molecule has 1 aromatic carbocycles. The zero-order valence-corrected chi connectivity index (χ0v) is 8.99. The van der Waals surface area contributed by atoms with Gasteiger partial charge in [-0.15, -0.1) is 0 Å². The van der Waals surface area contributed by atoms with Crippen molar-refractivity contribution in [1.82, 2.24) is 4.98 Å². The van der Waals surface area contributed by atoms with Crippen LogP contribution in [0, 0.1) is 0 Å². The van der Waals surface area contributed by atoms with E-state index in [0.717, 1.165) is 30.5 Å². The van der Waals surface area contributed by atoms with E-state index in [1.807, 2.05) is 30.3 Å². The monoisotopic (exact) mass is 211 g/mol. The average molecular weight is 211 g/mol. The first-order chi connectivity index (χ1) is 7.84. The largest absolute Gasteiger partial charge is 0.322 e. The van der Waals surface area contributed by atoms with Crippen LogP contribution in [0.1, 0.15) is 17.5 Å². The van der Waals surface area contributed by atoms with E-state index in [0.29, 0.717) is 0 Å². The third kappa shape index (κ3) is 1.47. The highest BCUT2D eigenvalue weighted by Gasteiger charge is 2.16. The maximum absolute atomic E-state index is 11.6. The van der Waals surface area contributed by atoms with Crippen molar-refractivity contribution >= 4 is 0 Å². The Morgan fingerprint density at radius 2 is 1.88 bits per heavy atom. The molecular weight excluding hydrogens is 198 g/mol. The molecule has 1 aliphatic rings. The summed E-state index contributed by atoms with van der Waals surface area (Å²) in [5, 5.41) is 0. The molecule has 0 aliphatic heterocycles. The Morgan fingerprint density at radius 1 is 1.06 bits per heavy atom. The summed E-state index contributed by atoms with van der Waals surface area (Å²) < 4.78 is 0. The first kappa shape index (κ1) is 9.40. The molecule has 16 heavy (non-hydrogen) atoms. The van der Waals surface area contributed by atoms with Crippen molar-refractivity contribution in [2.45, 2.75) is 19.3 Å². The van der Waals surface area contributed by atoms with Crippen LogP contribution in [0.4, 0.5) is 0 Å². The van der Waals surface area contributed by atoms with E-state index < -0.39 is 0 Å². The number of pyridine rings is 1. The maximum Gasteiger partial charge on any atom is 0.248 e. The maximum atomic E-state index is 11.6. The Hall–Kier alpha value is -1.83. The summed E-state index contributed by atoms with van der Waals surface area (Å²) >= 11 is 0. The molecule has 1 heterocycles. The molecule has 2 heteroatoms. The number of H-pyrrole nitrogens is 1. The summed E-state index contributed by atoms with van der Waals surface area (Å²) in [6, 6.07) is 11.8. The second kappa shape index (κ2) is 3.63. The quantitative estimate of drug-likeness (QED) is 0.772. The highest BCUT2D eigenvalue weighted by Crippen LogP contribution is 2.29. The Labute approximate surface area is 94.0 Å². The lowest BCUT2D eigenvalue weighted by Gasteiger charge is -2.07. The van der Waals surface area contributed by atoms with Crippen molar-refractivity contribution in [3.63, 3.8) is 0 Å². The van der Waals surface area contributed by atoms with Crippen LogP contribution in [-0.2, 0) is 12.8 Å². The van der Waals surface area contributed by atoms with Crippen molar-refractivity contribution in [1.29, 1.82) is 0 Å². The molecule has 0 atom stereocenters. The minimum Gasteiger partial charge on any atom is -0.322 e. The minimum absolute atomic E-state index is 0.0134. The molecule has 0 radical (unpaired) electrons. The van der Waals surface area contributed by atoms with Gasteiger partial charge in [0.05, 0.1) is 5.69 Å². The molecule has 0 bridgehead atoms. The van der Waals surface area contributed by atoms with E-state index in [2.05, 4.69) is 4.98 Å². The van der Waals surface area contributed by atoms with Crippen molar-refractivity contribution in [3.8, 4) is 11.3 Å². The van der Waals surface area contributed by atoms with Crippen LogP contribution in [0.5, 0.6) is 0 Å². The van der Waals surface area contributed by atoms with Crippen LogP contribution >= 0.6 is 0 Å². The molecule has 0 amide bonds. The lowest BCUT2D eigenvalue weighted by molar-refractivity contribution is 0.911. The topological polar surface area (TPSA) is 32.9 Å². The second-order valence-electron chi connectivity index (χ2n) is 4.23. The van der Waals surface area contributed by atoms with Gasteiger partial charge in [0.1, 0.15) is 0 Å². The first-order valence-electron chi connectivity index (χ1n) is 5.65. The number of hydrogen-bond donors (Lipinski definition) is 1. The Bertz CT molecular complexity index is 569. The van der Waals surface area contributed by atoms with Gasteiger partial charge in [0.2, 0.25) is 5.56 Å². The lowest BCUT2D eigenvalue weighted by atomic mass is 10.0. The van der Waals surface area contributed by atoms with Crippen LogP contribution < -0.4 is 5.56 Å². The standard InChI is InChI=1S/C14H13NO/c16-13-9-11-7-4-8-12(11)14(15-13)10-5-2-1-3-6-10/h1-3,5-6,9H,4,7-8H2,(H,15,16). The number of fused-ring (bicyclic) bond motifs is 1. The molecule has 0 fully saturated rings. The van der Waals surface area contributed by atoms with Crippen molar-refractivity contribution in [3.05, 3.63) is 57.9 Å². The van der Waals surface area contributed by atoms with Crippen LogP contribution in [0.3, 0.4) is 0 Å². The molecule has 1 N–H and O–H groups in total. The highest BCUT2D eigenvalue weighted by atomic mass is 16.1. The molecule has 0 saturated heterocycles. The molecule has 1 aromatic heterocycles. The zero-order valence-electron chi connectivity index (χ0n) is 8.99. The Morgan fingerprint density at radius 3 is 2.69 bits per heavy atom. The number of aromatic nitrogens is 1. The fourth-order valence-corrected chi connectivity index (χ4v) is 2.46. The van der Waals surface area contributed by atoms with E-state index in [-0.39, 0.29) is 5.56 Å². The number of aryl methyl sites for hydroxylation is 1. The smallest absolute Gasteiger partial charge is 0.248 e. The number of rotatable bonds is 1. The van der Waals surface area contributed by atoms with Crippen LogP contribution in [-0.4, -0.2) is 4.98 Å². The summed E-state index contributed by atoms with van der Waals surface area (Å²) in [6.45, 7) is 0. The molecule has 2 nitrogen and oxygen atoms in total. The number of nitrogens with one attached hydrogen (secondary N) is 1. The second-order valence-corrected chi connectivity index (χ2v) is 4.23. The highest BCUT2D eigenvalue weighted by molar-refractivity contribution is 5.65. The van der Waals surface area contributed by atoms with Crippen LogP contribution in [0.25, 0.3) is 11.3 Å². The van der Waals surface area contributed by atoms with E-state index >= 15 is 0 Å². The van der Waals surface area contributed by atoms with Gasteiger partial charge in [-0.25, -0.2) is 0 Å². The summed E-state index contributed by atoms with van der Waals surface area (Å²) in [5.74, 6) is 0. The number of hydrogen-bond acceptors (Lipinski definition) is 1. The van der Waals surface area contributed by atoms with Crippen molar-refractivity contribution in [2.75, 3.05) is 0 Å². The molecule has 0 saturated carbocycles. The SMILES string of the molecule is O=c1cc2c(c(-c3ccccc3)[nH]1)CCC2. The molecule has 0 unspecified atom stereocenters. The van der Waals surface area contributed by atoms with Crippen molar-refractivity contribution < 1.29 is 0 Å². The van der Waals surface area contributed by atoms with Gasteiger partial charge < -0.3 is 4.98 Å². The van der Waals surface area contributed by atoms with Gasteiger partial charge in [0, 0.05) is 6.07 Å². The number of aromatic amines is 1. The predicted molar refractivity (Wildman–Crippen MR) is 64.5 cm³/mol. The summed E-state index contributed by atoms with van der Waals surface area (Å²) in [4.78, 5) is 14.5. The Balaban J connectivity index is 2.25.